The molecule has 466 valence electrons. The van der Waals surface area contributed by atoms with E-state index in [9.17, 15) is 79.4 Å². The zero-order chi connectivity index (χ0) is 59.6. The minimum atomic E-state index is -4.02. The van der Waals surface area contributed by atoms with Crippen LogP contribution in [0.15, 0.2) is 0 Å². The zero-order valence-electron chi connectivity index (χ0n) is 47.1. The van der Waals surface area contributed by atoms with E-state index in [4.69, 9.17) is 32.9 Å². The average Bonchev–Trinajstić information content (AvgIpc) is 3.48. The number of hydrogen-bond acceptors (Lipinski definition) is 23. The van der Waals surface area contributed by atoms with Crippen molar-refractivity contribution in [3.05, 3.63) is 0 Å². The minimum Gasteiger partial charge on any atom is -0.778 e. The molecule has 0 aliphatic carbocycles. The predicted octanol–water partition coefficient (Wildman–Crippen LogP) is -2.14. The molecule has 4 amide bonds. The lowest BCUT2D eigenvalue weighted by atomic mass is 9.82. The smallest absolute Gasteiger partial charge is 0.220 e. The predicted molar refractivity (Wildman–Crippen MR) is 281 cm³/mol. The van der Waals surface area contributed by atoms with E-state index in [1.54, 1.807) is 20.8 Å². The second kappa shape index (κ2) is 36.7. The Morgan fingerprint density at radius 3 is 1.26 bits per heavy atom. The lowest BCUT2D eigenvalue weighted by molar-refractivity contribution is -0.282. The van der Waals surface area contributed by atoms with Crippen LogP contribution < -0.4 is 26.2 Å². The van der Waals surface area contributed by atoms with Crippen LogP contribution in [-0.2, 0) is 61.5 Å². The molecule has 3 saturated heterocycles. The van der Waals surface area contributed by atoms with E-state index in [1.165, 1.54) is 13.8 Å². The number of rotatable bonds is 39. The molecular formula is C52H94N4O23P-. The highest BCUT2D eigenvalue weighted by Gasteiger charge is 2.45. The van der Waals surface area contributed by atoms with Gasteiger partial charge in [-0.1, -0.05) is 34.6 Å². The molecule has 0 aromatic rings. The van der Waals surface area contributed by atoms with Gasteiger partial charge < -0.3 is 110 Å². The molecule has 27 nitrogen and oxygen atoms in total. The number of carbonyl (C=O) groups excluding carboxylic acids is 5. The Labute approximate surface area is 469 Å². The van der Waals surface area contributed by atoms with Crippen LogP contribution in [-0.4, -0.2) is 226 Å². The van der Waals surface area contributed by atoms with E-state index < -0.39 is 148 Å². The van der Waals surface area contributed by atoms with Crippen LogP contribution >= 0.6 is 7.60 Å². The van der Waals surface area contributed by atoms with Crippen molar-refractivity contribution in [2.45, 2.75) is 216 Å². The van der Waals surface area contributed by atoms with Crippen molar-refractivity contribution in [3.63, 3.8) is 0 Å². The van der Waals surface area contributed by atoms with Crippen LogP contribution in [0.25, 0.3) is 0 Å². The number of nitrogens with one attached hydrogen (secondary N) is 4. The molecule has 0 radical (unpaired) electrons. The summed E-state index contributed by atoms with van der Waals surface area (Å²) >= 11 is 0. The zero-order valence-corrected chi connectivity index (χ0v) is 48.0. The molecule has 3 heterocycles. The van der Waals surface area contributed by atoms with E-state index in [2.05, 4.69) is 21.3 Å². The lowest BCUT2D eigenvalue weighted by Crippen LogP contribution is -2.55. The Morgan fingerprint density at radius 1 is 0.500 bits per heavy atom. The topological polar surface area (TPSA) is 420 Å². The summed E-state index contributed by atoms with van der Waals surface area (Å²) in [5.74, 6) is -3.76. The Balaban J connectivity index is 1.69. The van der Waals surface area contributed by atoms with Gasteiger partial charge in [0.1, 0.15) is 50.0 Å². The van der Waals surface area contributed by atoms with Gasteiger partial charge in [0.25, 0.3) is 0 Å². The van der Waals surface area contributed by atoms with Crippen molar-refractivity contribution in [1.29, 1.82) is 0 Å². The summed E-state index contributed by atoms with van der Waals surface area (Å²) in [5, 5.41) is 102. The van der Waals surface area contributed by atoms with Gasteiger partial charge in [0.15, 0.2) is 18.9 Å². The summed E-state index contributed by atoms with van der Waals surface area (Å²) in [4.78, 5) is 79.0. The molecule has 3 rings (SSSR count). The summed E-state index contributed by atoms with van der Waals surface area (Å²) in [6, 6.07) is 0. The number of Topliss-reactive ketones (excluding diaryl/α,β-unsaturated/α-hetero) is 1. The fourth-order valence-corrected chi connectivity index (χ4v) is 9.98. The van der Waals surface area contributed by atoms with E-state index in [0.717, 1.165) is 0 Å². The summed E-state index contributed by atoms with van der Waals surface area (Å²) in [6.45, 7) is 6.88. The highest BCUT2D eigenvalue weighted by molar-refractivity contribution is 7.52. The standard InChI is InChI=1S/C52H95N4O23P/c1-31(2)80(71,72)76-27-11-23-53-39(61)13-8-14-42(64)56-52(18-15-35(60)12-6-7-24-73-49-32(3)43(65)46(68)36(28-57)77-49,19-16-40(62)54-21-9-25-74-50-33(4)44(66)47(69)37(29-58)78-50)20-17-41(63)55-22-10-26-75-51-34(5)45(67)48(70)38(30-59)79-51/h31-34,36-38,43-51,57-59,65-70H,6-30H2,1-5H3,(H,53,61)(H,54,62)(H,55,63)(H,56,64)(H,71,72)/p-1/t32?,33?,34?,36?,37?,38?,43-,44-,45-,46+,47+,48+,49-,50-,51-,52?/m1/s1. The maximum absolute atomic E-state index is 13.8. The first-order chi connectivity index (χ1) is 37.9. The second-order valence-corrected chi connectivity index (χ2v) is 23.9. The maximum Gasteiger partial charge on any atom is 0.220 e. The van der Waals surface area contributed by atoms with Crippen molar-refractivity contribution < 1.29 is 112 Å². The molecule has 3 fully saturated rings. The first-order valence-electron chi connectivity index (χ1n) is 28.2. The molecule has 13 N–H and O–H groups in total. The van der Waals surface area contributed by atoms with Crippen LogP contribution in [0.4, 0.5) is 0 Å². The van der Waals surface area contributed by atoms with Gasteiger partial charge in [-0.25, -0.2) is 0 Å². The van der Waals surface area contributed by atoms with Crippen LogP contribution in [0.2, 0.25) is 0 Å². The monoisotopic (exact) mass is 1170 g/mol. The van der Waals surface area contributed by atoms with Crippen molar-refractivity contribution in [3.8, 4) is 0 Å². The highest BCUT2D eigenvalue weighted by atomic mass is 31.2. The van der Waals surface area contributed by atoms with Gasteiger partial charge in [-0.3, -0.25) is 24.0 Å². The normalized spacial score (nSPS) is 30.5. The molecule has 0 bridgehead atoms. The van der Waals surface area contributed by atoms with Crippen LogP contribution in [0.3, 0.4) is 0 Å². The number of carbonyl (C=O) groups is 5. The molecule has 0 spiro atoms. The van der Waals surface area contributed by atoms with Crippen LogP contribution in [0, 0.1) is 17.8 Å². The van der Waals surface area contributed by atoms with Crippen molar-refractivity contribution in [2.75, 3.05) is 65.9 Å². The highest BCUT2D eigenvalue weighted by Crippen LogP contribution is 2.42. The fraction of sp³-hybridized carbons (Fsp3) is 0.904. The molecule has 16 atom stereocenters. The molecule has 3 aliphatic heterocycles. The van der Waals surface area contributed by atoms with Gasteiger partial charge in [-0.2, -0.15) is 0 Å². The maximum atomic E-state index is 13.8. The number of aliphatic hydroxyl groups excluding tert-OH is 9. The number of ether oxygens (including phenoxy) is 6. The Morgan fingerprint density at radius 2 is 0.863 bits per heavy atom. The second-order valence-electron chi connectivity index (χ2n) is 21.6. The van der Waals surface area contributed by atoms with Gasteiger partial charge in [-0.15, -0.1) is 0 Å². The molecule has 7 unspecified atom stereocenters. The molecule has 0 saturated carbocycles. The minimum absolute atomic E-state index is 0.0148. The molecule has 0 aromatic carbocycles. The quantitative estimate of drug-likeness (QED) is 0.0231. The summed E-state index contributed by atoms with van der Waals surface area (Å²) in [5.41, 5.74) is -2.00. The summed E-state index contributed by atoms with van der Waals surface area (Å²) < 4.78 is 51.1. The van der Waals surface area contributed by atoms with Crippen LogP contribution in [0.1, 0.15) is 131 Å². The Bertz CT molecular complexity index is 1740. The largest absolute Gasteiger partial charge is 0.778 e. The third-order valence-corrected chi connectivity index (χ3v) is 16.7. The molecule has 0 aromatic heterocycles. The lowest BCUT2D eigenvalue weighted by Gasteiger charge is -2.40. The number of unbranched alkanes of at least 4 members (excludes halogenated alkanes) is 1. The first-order valence-corrected chi connectivity index (χ1v) is 29.8. The van der Waals surface area contributed by atoms with Crippen molar-refractivity contribution in [1.82, 2.24) is 21.3 Å². The third kappa shape index (κ3) is 24.0. The molecule has 28 heteroatoms. The summed E-state index contributed by atoms with van der Waals surface area (Å²) in [7, 11) is -4.02. The van der Waals surface area contributed by atoms with E-state index in [1.807, 2.05) is 0 Å². The van der Waals surface area contributed by atoms with Gasteiger partial charge in [0.05, 0.1) is 58.0 Å². The third-order valence-electron chi connectivity index (χ3n) is 14.8. The van der Waals surface area contributed by atoms with E-state index >= 15 is 0 Å². The Hall–Kier alpha value is -2.90. The fourth-order valence-electron chi connectivity index (χ4n) is 9.30. The van der Waals surface area contributed by atoms with Gasteiger partial charge in [0, 0.05) is 93.7 Å². The number of ketones is 1. The Kier molecular flexibility index (Phi) is 32.8. The molecular weight excluding hydrogens is 1080 g/mol. The molecule has 80 heavy (non-hydrogen) atoms. The molecule has 3 aliphatic rings. The van der Waals surface area contributed by atoms with Gasteiger partial charge in [0.2, 0.25) is 23.6 Å². The van der Waals surface area contributed by atoms with Crippen molar-refractivity contribution in [2.24, 2.45) is 17.8 Å². The first kappa shape index (κ1) is 71.4. The average molecular weight is 1170 g/mol. The van der Waals surface area contributed by atoms with E-state index in [0.29, 0.717) is 25.7 Å². The number of hydrogen-bond donors (Lipinski definition) is 13. The summed E-state index contributed by atoms with van der Waals surface area (Å²) in [6.07, 6.45) is -12.1. The SMILES string of the molecule is CC1[C@H](OCCCCC(=O)CCC(CCC(=O)NCCCO[C@@H]2OC(CO)[C@H](O)[C@H](O)C2C)(CCC(=O)NCCCO[C@@H]2OC(CO)[C@H](O)[C@H](O)C2C)NC(=O)CCCC(=O)NCCCOP(=O)([O-])C(C)C)OC(CO)[C@H](O)[C@@H]1O. The van der Waals surface area contributed by atoms with Crippen LogP contribution in [0.5, 0.6) is 0 Å². The van der Waals surface area contributed by atoms with Crippen molar-refractivity contribution >= 4 is 37.0 Å². The number of amides is 4. The number of aliphatic hydroxyl groups is 9. The van der Waals surface area contributed by atoms with Gasteiger partial charge in [-0.05, 0) is 57.8 Å². The van der Waals surface area contributed by atoms with Gasteiger partial charge >= 0.3 is 0 Å². The van der Waals surface area contributed by atoms with E-state index in [-0.39, 0.29) is 128 Å².